The van der Waals surface area contributed by atoms with Gasteiger partial charge in [0.1, 0.15) is 0 Å². The molecule has 0 aliphatic carbocycles. The lowest BCUT2D eigenvalue weighted by molar-refractivity contribution is 0.0161. The van der Waals surface area contributed by atoms with Crippen molar-refractivity contribution in [2.24, 2.45) is 0 Å². The molecule has 0 spiro atoms. The van der Waals surface area contributed by atoms with Crippen molar-refractivity contribution in [2.45, 2.75) is 12.5 Å². The third-order valence-electron chi connectivity index (χ3n) is 1.76. The van der Waals surface area contributed by atoms with E-state index in [9.17, 15) is 0 Å². The molecule has 1 heterocycles. The summed E-state index contributed by atoms with van der Waals surface area (Å²) >= 11 is 0. The molecule has 0 radical (unpaired) electrons. The summed E-state index contributed by atoms with van der Waals surface area (Å²) in [6.45, 7) is 2.87. The van der Waals surface area contributed by atoms with Gasteiger partial charge in [0.15, 0.2) is 0 Å². The lowest BCUT2D eigenvalue weighted by Crippen LogP contribution is -2.30. The maximum absolute atomic E-state index is 8.78. The number of hydrogen-bond donors (Lipinski definition) is 1. The molecule has 1 saturated heterocycles. The Morgan fingerprint density at radius 3 is 3.20 bits per heavy atom. The highest BCUT2D eigenvalue weighted by molar-refractivity contribution is 4.65. The van der Waals surface area contributed by atoms with Crippen molar-refractivity contribution in [3.63, 3.8) is 0 Å². The van der Waals surface area contributed by atoms with E-state index in [0.29, 0.717) is 0 Å². The second kappa shape index (κ2) is 3.91. The van der Waals surface area contributed by atoms with Crippen LogP contribution in [0, 0.1) is 0 Å². The minimum Gasteiger partial charge on any atom is -0.394 e. The topological polar surface area (TPSA) is 32.7 Å². The first-order valence-corrected chi connectivity index (χ1v) is 3.74. The van der Waals surface area contributed by atoms with Gasteiger partial charge < -0.3 is 14.7 Å². The highest BCUT2D eigenvalue weighted by atomic mass is 16.5. The summed E-state index contributed by atoms with van der Waals surface area (Å²) in [6, 6.07) is 0. The van der Waals surface area contributed by atoms with E-state index in [-0.39, 0.29) is 12.7 Å². The van der Waals surface area contributed by atoms with Crippen molar-refractivity contribution in [3.05, 3.63) is 0 Å². The number of ether oxygens (including phenoxy) is 1. The van der Waals surface area contributed by atoms with Crippen LogP contribution in [-0.2, 0) is 4.74 Å². The smallest absolute Gasteiger partial charge is 0.0932 e. The van der Waals surface area contributed by atoms with Gasteiger partial charge in [0.05, 0.1) is 12.7 Å². The number of rotatable bonds is 1. The lowest BCUT2D eigenvalue weighted by atomic mass is 10.3. The van der Waals surface area contributed by atoms with Crippen LogP contribution in [0.4, 0.5) is 0 Å². The first-order chi connectivity index (χ1) is 4.83. The number of likely N-dealkylation sites (N-methyl/N-ethyl adjacent to an activating group) is 1. The van der Waals surface area contributed by atoms with Crippen LogP contribution in [0.5, 0.6) is 0 Å². The maximum Gasteiger partial charge on any atom is 0.0932 e. The Bertz CT molecular complexity index is 97.6. The predicted octanol–water partition coefficient (Wildman–Crippen LogP) is -0.301. The molecule has 1 fully saturated rings. The van der Waals surface area contributed by atoms with E-state index < -0.39 is 0 Å². The Kier molecular flexibility index (Phi) is 3.12. The fourth-order valence-electron chi connectivity index (χ4n) is 1.19. The van der Waals surface area contributed by atoms with Gasteiger partial charge in [0.25, 0.3) is 0 Å². The number of hydrogen-bond acceptors (Lipinski definition) is 3. The van der Waals surface area contributed by atoms with E-state index in [2.05, 4.69) is 11.9 Å². The first-order valence-electron chi connectivity index (χ1n) is 3.74. The molecule has 0 aromatic heterocycles. The third kappa shape index (κ3) is 2.25. The van der Waals surface area contributed by atoms with Crippen molar-refractivity contribution in [1.29, 1.82) is 0 Å². The van der Waals surface area contributed by atoms with Crippen molar-refractivity contribution in [1.82, 2.24) is 4.90 Å². The molecule has 3 heteroatoms. The Labute approximate surface area is 61.6 Å². The normalized spacial score (nSPS) is 30.0. The quantitative estimate of drug-likeness (QED) is 0.550. The summed E-state index contributed by atoms with van der Waals surface area (Å²) in [5, 5.41) is 8.78. The van der Waals surface area contributed by atoms with Crippen molar-refractivity contribution in [3.8, 4) is 0 Å². The molecule has 60 valence electrons. The Hall–Kier alpha value is -0.120. The lowest BCUT2D eigenvalue weighted by Gasteiger charge is -2.16. The number of nitrogens with zero attached hydrogens (tertiary/aromatic N) is 1. The van der Waals surface area contributed by atoms with Gasteiger partial charge in [-0.3, -0.25) is 0 Å². The standard InChI is InChI=1S/C7H15NO2/c1-8-3-2-4-10-7(5-8)6-9/h7,9H,2-6H2,1H3/t7-/m0/s1. The SMILES string of the molecule is CN1CCCO[C@H](CO)C1. The highest BCUT2D eigenvalue weighted by Crippen LogP contribution is 2.02. The third-order valence-corrected chi connectivity index (χ3v) is 1.76. The van der Waals surface area contributed by atoms with Crippen LogP contribution in [0.1, 0.15) is 6.42 Å². The van der Waals surface area contributed by atoms with E-state index in [1.165, 1.54) is 0 Å². The molecule has 0 aromatic rings. The van der Waals surface area contributed by atoms with Crippen LogP contribution in [0.25, 0.3) is 0 Å². The monoisotopic (exact) mass is 145 g/mol. The van der Waals surface area contributed by atoms with Gasteiger partial charge in [-0.1, -0.05) is 0 Å². The fourth-order valence-corrected chi connectivity index (χ4v) is 1.19. The average Bonchev–Trinajstić information content (AvgIpc) is 2.13. The highest BCUT2D eigenvalue weighted by Gasteiger charge is 2.13. The van der Waals surface area contributed by atoms with Gasteiger partial charge in [0, 0.05) is 19.7 Å². The van der Waals surface area contributed by atoms with E-state index in [4.69, 9.17) is 9.84 Å². The van der Waals surface area contributed by atoms with Crippen LogP contribution < -0.4 is 0 Å². The van der Waals surface area contributed by atoms with E-state index >= 15 is 0 Å². The summed E-state index contributed by atoms with van der Waals surface area (Å²) in [4.78, 5) is 2.19. The molecule has 1 atom stereocenters. The Morgan fingerprint density at radius 1 is 1.70 bits per heavy atom. The van der Waals surface area contributed by atoms with E-state index in [1.54, 1.807) is 0 Å². The van der Waals surface area contributed by atoms with Crippen LogP contribution >= 0.6 is 0 Å². The molecule has 1 N–H and O–H groups in total. The van der Waals surface area contributed by atoms with Gasteiger partial charge in [-0.2, -0.15) is 0 Å². The molecular formula is C7H15NO2. The van der Waals surface area contributed by atoms with Crippen LogP contribution in [0.2, 0.25) is 0 Å². The molecule has 1 aliphatic heterocycles. The van der Waals surface area contributed by atoms with Gasteiger partial charge in [-0.25, -0.2) is 0 Å². The first kappa shape index (κ1) is 7.98. The average molecular weight is 145 g/mol. The zero-order chi connectivity index (χ0) is 7.40. The maximum atomic E-state index is 8.78. The minimum absolute atomic E-state index is 0.0347. The summed E-state index contributed by atoms with van der Waals surface area (Å²) < 4.78 is 5.33. The summed E-state index contributed by atoms with van der Waals surface area (Å²) in [6.07, 6.45) is 1.11. The van der Waals surface area contributed by atoms with Crippen molar-refractivity contribution < 1.29 is 9.84 Å². The molecule has 3 nitrogen and oxygen atoms in total. The summed E-state index contributed by atoms with van der Waals surface area (Å²) in [5.41, 5.74) is 0. The largest absolute Gasteiger partial charge is 0.394 e. The second-order valence-corrected chi connectivity index (χ2v) is 2.79. The summed E-state index contributed by atoms with van der Waals surface area (Å²) in [7, 11) is 2.05. The molecular weight excluding hydrogens is 130 g/mol. The van der Waals surface area contributed by atoms with Gasteiger partial charge >= 0.3 is 0 Å². The Balaban J connectivity index is 2.30. The van der Waals surface area contributed by atoms with Crippen molar-refractivity contribution in [2.75, 3.05) is 33.4 Å². The predicted molar refractivity (Wildman–Crippen MR) is 38.9 cm³/mol. The molecule has 1 rings (SSSR count). The van der Waals surface area contributed by atoms with Gasteiger partial charge in [-0.15, -0.1) is 0 Å². The molecule has 0 bridgehead atoms. The van der Waals surface area contributed by atoms with Gasteiger partial charge in [0.2, 0.25) is 0 Å². The second-order valence-electron chi connectivity index (χ2n) is 2.79. The minimum atomic E-state index is 0.0347. The zero-order valence-corrected chi connectivity index (χ0v) is 6.42. The molecule has 0 amide bonds. The Morgan fingerprint density at radius 2 is 2.50 bits per heavy atom. The number of aliphatic hydroxyl groups excluding tert-OH is 1. The summed E-state index contributed by atoms with van der Waals surface area (Å²) in [5.74, 6) is 0. The number of aliphatic hydroxyl groups is 1. The van der Waals surface area contributed by atoms with E-state index in [1.807, 2.05) is 0 Å². The molecule has 0 unspecified atom stereocenters. The van der Waals surface area contributed by atoms with Crippen molar-refractivity contribution >= 4 is 0 Å². The van der Waals surface area contributed by atoms with Gasteiger partial charge in [-0.05, 0) is 13.5 Å². The van der Waals surface area contributed by atoms with Crippen LogP contribution in [0.3, 0.4) is 0 Å². The fraction of sp³-hybridized carbons (Fsp3) is 1.00. The molecule has 1 aliphatic rings. The van der Waals surface area contributed by atoms with E-state index in [0.717, 1.165) is 26.1 Å². The molecule has 10 heavy (non-hydrogen) atoms. The molecule has 0 saturated carbocycles. The van der Waals surface area contributed by atoms with Crippen LogP contribution in [0.15, 0.2) is 0 Å². The van der Waals surface area contributed by atoms with Crippen LogP contribution in [-0.4, -0.2) is 49.5 Å². The molecule has 0 aromatic carbocycles. The zero-order valence-electron chi connectivity index (χ0n) is 6.42.